The molecule has 2 N–H and O–H groups in total. The number of aryl methyl sites for hydroxylation is 1. The number of amides is 1. The molecule has 0 fully saturated rings. The molecule has 6 nitrogen and oxygen atoms in total. The lowest BCUT2D eigenvalue weighted by Gasteiger charge is -2.22. The van der Waals surface area contributed by atoms with Crippen LogP contribution in [0, 0.1) is 6.92 Å². The van der Waals surface area contributed by atoms with Gasteiger partial charge in [0.25, 0.3) is 5.91 Å². The number of sulfonamides is 1. The Labute approximate surface area is 112 Å². The molecule has 0 saturated carbocycles. The zero-order chi connectivity index (χ0) is 14.0. The van der Waals surface area contributed by atoms with E-state index >= 15 is 0 Å². The van der Waals surface area contributed by atoms with Crippen LogP contribution in [0.15, 0.2) is 12.1 Å². The summed E-state index contributed by atoms with van der Waals surface area (Å²) < 4.78 is 31.4. The Morgan fingerprint density at radius 1 is 1.42 bits per heavy atom. The van der Waals surface area contributed by atoms with Crippen molar-refractivity contribution in [2.45, 2.75) is 20.3 Å². The highest BCUT2D eigenvalue weighted by molar-refractivity contribution is 7.92. The van der Waals surface area contributed by atoms with Gasteiger partial charge in [-0.1, -0.05) is 6.92 Å². The topological polar surface area (TPSA) is 84.5 Å². The minimum Gasteiger partial charge on any atom is -0.479 e. The molecule has 0 aliphatic carbocycles. The van der Waals surface area contributed by atoms with Crippen molar-refractivity contribution in [3.63, 3.8) is 0 Å². The molecule has 2 rings (SSSR count). The number of hydrogen-bond acceptors (Lipinski definition) is 4. The van der Waals surface area contributed by atoms with Crippen LogP contribution in [0.5, 0.6) is 5.75 Å². The second-order valence-corrected chi connectivity index (χ2v) is 6.29. The maximum absolute atomic E-state index is 11.8. The Hall–Kier alpha value is -1.76. The van der Waals surface area contributed by atoms with Gasteiger partial charge in [0.15, 0.2) is 12.4 Å². The van der Waals surface area contributed by atoms with Gasteiger partial charge >= 0.3 is 0 Å². The second-order valence-electron chi connectivity index (χ2n) is 4.45. The molecule has 0 bridgehead atoms. The molecule has 104 valence electrons. The van der Waals surface area contributed by atoms with Crippen molar-refractivity contribution in [1.29, 1.82) is 0 Å². The van der Waals surface area contributed by atoms with Gasteiger partial charge in [-0.15, -0.1) is 0 Å². The van der Waals surface area contributed by atoms with Crippen LogP contribution in [0.4, 0.5) is 11.4 Å². The Balaban J connectivity index is 2.38. The Morgan fingerprint density at radius 2 is 2.16 bits per heavy atom. The Kier molecular flexibility index (Phi) is 3.66. The molecule has 0 radical (unpaired) electrons. The van der Waals surface area contributed by atoms with E-state index < -0.39 is 10.0 Å². The number of anilines is 2. The summed E-state index contributed by atoms with van der Waals surface area (Å²) in [6, 6.07) is 3.42. The lowest BCUT2D eigenvalue weighted by molar-refractivity contribution is -0.118. The molecule has 1 heterocycles. The summed E-state index contributed by atoms with van der Waals surface area (Å²) in [6.07, 6.45) is 0.529. The van der Waals surface area contributed by atoms with Crippen molar-refractivity contribution < 1.29 is 17.9 Å². The van der Waals surface area contributed by atoms with Crippen LogP contribution in [-0.2, 0) is 14.8 Å². The zero-order valence-corrected chi connectivity index (χ0v) is 11.6. The quantitative estimate of drug-likeness (QED) is 0.877. The number of rotatable bonds is 4. The standard InChI is InChI=1S/C12H16N2O4S/c1-3-4-19(16,17)14-10-6-8(2)5-9-12(10)18-7-11(15)13-9/h5-6,14H,3-4,7H2,1-2H3,(H,13,15). The SMILES string of the molecule is CCCS(=O)(=O)Nc1cc(C)cc2c1OCC(=O)N2. The van der Waals surface area contributed by atoms with Gasteiger partial charge < -0.3 is 10.1 Å². The maximum Gasteiger partial charge on any atom is 0.262 e. The van der Waals surface area contributed by atoms with Crippen LogP contribution in [-0.4, -0.2) is 26.7 Å². The van der Waals surface area contributed by atoms with Gasteiger partial charge in [0.1, 0.15) is 0 Å². The van der Waals surface area contributed by atoms with Gasteiger partial charge in [-0.25, -0.2) is 8.42 Å². The largest absolute Gasteiger partial charge is 0.479 e. The number of carbonyl (C=O) groups is 1. The lowest BCUT2D eigenvalue weighted by Crippen LogP contribution is -2.27. The summed E-state index contributed by atoms with van der Waals surface area (Å²) >= 11 is 0. The van der Waals surface area contributed by atoms with E-state index in [-0.39, 0.29) is 18.3 Å². The predicted octanol–water partition coefficient (Wildman–Crippen LogP) is 1.48. The number of benzene rings is 1. The lowest BCUT2D eigenvalue weighted by atomic mass is 10.1. The number of ether oxygens (including phenoxy) is 1. The average Bonchev–Trinajstić information content (AvgIpc) is 2.26. The molecule has 0 aromatic heterocycles. The van der Waals surface area contributed by atoms with Crippen molar-refractivity contribution in [3.05, 3.63) is 17.7 Å². The van der Waals surface area contributed by atoms with Gasteiger partial charge in [0, 0.05) is 0 Å². The van der Waals surface area contributed by atoms with Gasteiger partial charge in [0.2, 0.25) is 10.0 Å². The third kappa shape index (κ3) is 3.17. The van der Waals surface area contributed by atoms with Crippen LogP contribution in [0.1, 0.15) is 18.9 Å². The van der Waals surface area contributed by atoms with Gasteiger partial charge in [0.05, 0.1) is 17.1 Å². The second kappa shape index (κ2) is 5.08. The van der Waals surface area contributed by atoms with Gasteiger partial charge in [-0.2, -0.15) is 0 Å². The number of carbonyl (C=O) groups excluding carboxylic acids is 1. The summed E-state index contributed by atoms with van der Waals surface area (Å²) in [7, 11) is -3.39. The molecule has 0 saturated heterocycles. The molecule has 7 heteroatoms. The molecule has 1 aliphatic rings. The monoisotopic (exact) mass is 284 g/mol. The molecule has 0 atom stereocenters. The third-order valence-electron chi connectivity index (χ3n) is 2.59. The maximum atomic E-state index is 11.8. The van der Waals surface area contributed by atoms with E-state index in [0.29, 0.717) is 23.5 Å². The zero-order valence-electron chi connectivity index (χ0n) is 10.8. The minimum absolute atomic E-state index is 0.0437. The van der Waals surface area contributed by atoms with Gasteiger partial charge in [-0.3, -0.25) is 9.52 Å². The first-order valence-corrected chi connectivity index (χ1v) is 7.64. The number of nitrogens with one attached hydrogen (secondary N) is 2. The molecule has 1 amide bonds. The van der Waals surface area contributed by atoms with Crippen LogP contribution in [0.2, 0.25) is 0 Å². The summed E-state index contributed by atoms with van der Waals surface area (Å²) in [4.78, 5) is 11.3. The molecular formula is C12H16N2O4S. The predicted molar refractivity (Wildman–Crippen MR) is 73.0 cm³/mol. The molecule has 19 heavy (non-hydrogen) atoms. The minimum atomic E-state index is -3.39. The van der Waals surface area contributed by atoms with E-state index in [9.17, 15) is 13.2 Å². The van der Waals surface area contributed by atoms with Crippen molar-refractivity contribution in [1.82, 2.24) is 0 Å². The molecule has 0 spiro atoms. The normalized spacial score (nSPS) is 14.3. The third-order valence-corrected chi connectivity index (χ3v) is 4.07. The summed E-state index contributed by atoms with van der Waals surface area (Å²) in [5.74, 6) is 0.160. The fourth-order valence-electron chi connectivity index (χ4n) is 1.91. The summed E-state index contributed by atoms with van der Waals surface area (Å²) in [5, 5.41) is 2.66. The van der Waals surface area contributed by atoms with E-state index in [2.05, 4.69) is 10.0 Å². The molecule has 1 aromatic carbocycles. The highest BCUT2D eigenvalue weighted by Crippen LogP contribution is 2.37. The van der Waals surface area contributed by atoms with Crippen LogP contribution in [0.3, 0.4) is 0 Å². The van der Waals surface area contributed by atoms with Crippen LogP contribution >= 0.6 is 0 Å². The smallest absolute Gasteiger partial charge is 0.262 e. The van der Waals surface area contributed by atoms with E-state index in [1.165, 1.54) is 0 Å². The van der Waals surface area contributed by atoms with E-state index in [1.807, 2.05) is 6.92 Å². The first-order chi connectivity index (χ1) is 8.91. The van der Waals surface area contributed by atoms with E-state index in [0.717, 1.165) is 5.56 Å². The summed E-state index contributed by atoms with van der Waals surface area (Å²) in [6.45, 7) is 3.50. The van der Waals surface area contributed by atoms with E-state index in [1.54, 1.807) is 19.1 Å². The van der Waals surface area contributed by atoms with Crippen molar-refractivity contribution >= 4 is 27.3 Å². The molecule has 1 aromatic rings. The first kappa shape index (κ1) is 13.7. The Morgan fingerprint density at radius 3 is 2.84 bits per heavy atom. The van der Waals surface area contributed by atoms with Crippen LogP contribution < -0.4 is 14.8 Å². The first-order valence-electron chi connectivity index (χ1n) is 5.99. The fourth-order valence-corrected chi connectivity index (χ4v) is 3.03. The van der Waals surface area contributed by atoms with Crippen molar-refractivity contribution in [2.24, 2.45) is 0 Å². The fraction of sp³-hybridized carbons (Fsp3) is 0.417. The summed E-state index contributed by atoms with van der Waals surface area (Å²) in [5.41, 5.74) is 1.69. The highest BCUT2D eigenvalue weighted by atomic mass is 32.2. The Bertz CT molecular complexity index is 610. The van der Waals surface area contributed by atoms with Crippen LogP contribution in [0.25, 0.3) is 0 Å². The molecule has 0 unspecified atom stereocenters. The average molecular weight is 284 g/mol. The molecule has 1 aliphatic heterocycles. The molecular weight excluding hydrogens is 268 g/mol. The number of fused-ring (bicyclic) bond motifs is 1. The van der Waals surface area contributed by atoms with Crippen molar-refractivity contribution in [2.75, 3.05) is 22.4 Å². The van der Waals surface area contributed by atoms with E-state index in [4.69, 9.17) is 4.74 Å². The highest BCUT2D eigenvalue weighted by Gasteiger charge is 2.22. The van der Waals surface area contributed by atoms with Crippen molar-refractivity contribution in [3.8, 4) is 5.75 Å². The number of hydrogen-bond donors (Lipinski definition) is 2. The van der Waals surface area contributed by atoms with Gasteiger partial charge in [-0.05, 0) is 31.0 Å².